The number of halogens is 1. The Bertz CT molecular complexity index is 1090. The molecule has 0 atom stereocenters. The molecule has 0 spiro atoms. The molecule has 7 nitrogen and oxygen atoms in total. The van der Waals surface area contributed by atoms with Crippen molar-refractivity contribution in [1.29, 1.82) is 0 Å². The molecule has 0 saturated heterocycles. The third-order valence-corrected chi connectivity index (χ3v) is 4.86. The van der Waals surface area contributed by atoms with Crippen molar-refractivity contribution >= 4 is 51.5 Å². The van der Waals surface area contributed by atoms with Crippen LogP contribution in [0.3, 0.4) is 0 Å². The second-order valence-corrected chi connectivity index (χ2v) is 6.84. The van der Waals surface area contributed by atoms with Gasteiger partial charge in [-0.25, -0.2) is 9.59 Å². The molecule has 0 aliphatic rings. The second kappa shape index (κ2) is 7.81. The Balaban J connectivity index is 1.74. The summed E-state index contributed by atoms with van der Waals surface area (Å²) in [6.45, 7) is 1.42. The average Bonchev–Trinajstić information content (AvgIpc) is 3.08. The first-order chi connectivity index (χ1) is 12.9. The SMILES string of the molecule is COC(=O)c1sccc1NC(=O)COc1cc2oc(=O)cc(C)c2cc1Cl. The van der Waals surface area contributed by atoms with Gasteiger partial charge in [0.05, 0.1) is 17.8 Å². The monoisotopic (exact) mass is 407 g/mol. The fraction of sp³-hybridized carbons (Fsp3) is 0.167. The molecule has 0 fully saturated rings. The van der Waals surface area contributed by atoms with Crippen LogP contribution in [-0.2, 0) is 9.53 Å². The molecule has 2 aromatic heterocycles. The standard InChI is InChI=1S/C18H14ClNO6S/c1-9-5-16(22)26-13-7-14(11(19)6-10(9)13)25-8-15(21)20-12-3-4-27-17(12)18(23)24-2/h3-7H,8H2,1-2H3,(H,20,21). The third-order valence-electron chi connectivity index (χ3n) is 3.67. The summed E-state index contributed by atoms with van der Waals surface area (Å²) in [5, 5.41) is 5.19. The van der Waals surface area contributed by atoms with Crippen molar-refractivity contribution in [2.45, 2.75) is 6.92 Å². The van der Waals surface area contributed by atoms with E-state index < -0.39 is 17.5 Å². The summed E-state index contributed by atoms with van der Waals surface area (Å²) in [6, 6.07) is 6.03. The molecular weight excluding hydrogens is 394 g/mol. The van der Waals surface area contributed by atoms with E-state index in [2.05, 4.69) is 10.1 Å². The highest BCUT2D eigenvalue weighted by atomic mass is 35.5. The number of carbonyl (C=O) groups excluding carboxylic acids is 2. The van der Waals surface area contributed by atoms with Gasteiger partial charge in [-0.3, -0.25) is 4.79 Å². The Labute approximate surface area is 162 Å². The first kappa shape index (κ1) is 18.9. The Kier molecular flexibility index (Phi) is 5.48. The van der Waals surface area contributed by atoms with Crippen LogP contribution in [0.25, 0.3) is 11.0 Å². The highest BCUT2D eigenvalue weighted by molar-refractivity contribution is 7.12. The smallest absolute Gasteiger partial charge is 0.350 e. The Morgan fingerprint density at radius 2 is 2.07 bits per heavy atom. The first-order valence-corrected chi connectivity index (χ1v) is 8.97. The number of rotatable bonds is 5. The lowest BCUT2D eigenvalue weighted by Crippen LogP contribution is -2.21. The lowest BCUT2D eigenvalue weighted by molar-refractivity contribution is -0.118. The van der Waals surface area contributed by atoms with E-state index in [-0.39, 0.29) is 22.3 Å². The van der Waals surface area contributed by atoms with Crippen LogP contribution >= 0.6 is 22.9 Å². The van der Waals surface area contributed by atoms with Crippen LogP contribution in [0.4, 0.5) is 5.69 Å². The minimum Gasteiger partial charge on any atom is -0.482 e. The minimum absolute atomic E-state index is 0.201. The third kappa shape index (κ3) is 4.12. The minimum atomic E-state index is -0.538. The van der Waals surface area contributed by atoms with Gasteiger partial charge in [-0.05, 0) is 30.0 Å². The number of esters is 1. The van der Waals surface area contributed by atoms with Crippen LogP contribution in [0.2, 0.25) is 5.02 Å². The second-order valence-electron chi connectivity index (χ2n) is 5.52. The maximum absolute atomic E-state index is 12.1. The van der Waals surface area contributed by atoms with Crippen molar-refractivity contribution in [3.63, 3.8) is 0 Å². The van der Waals surface area contributed by atoms with Crippen LogP contribution < -0.4 is 15.7 Å². The number of benzene rings is 1. The average molecular weight is 408 g/mol. The van der Waals surface area contributed by atoms with Gasteiger partial charge in [0.1, 0.15) is 16.2 Å². The lowest BCUT2D eigenvalue weighted by Gasteiger charge is -2.10. The fourth-order valence-electron chi connectivity index (χ4n) is 2.42. The number of hydrogen-bond acceptors (Lipinski definition) is 7. The van der Waals surface area contributed by atoms with E-state index >= 15 is 0 Å². The maximum atomic E-state index is 12.1. The number of thiophene rings is 1. The lowest BCUT2D eigenvalue weighted by atomic mass is 10.1. The van der Waals surface area contributed by atoms with E-state index in [9.17, 15) is 14.4 Å². The number of methoxy groups -OCH3 is 1. The van der Waals surface area contributed by atoms with Gasteiger partial charge in [-0.2, -0.15) is 0 Å². The molecule has 27 heavy (non-hydrogen) atoms. The van der Waals surface area contributed by atoms with Crippen molar-refractivity contribution in [1.82, 2.24) is 0 Å². The number of amides is 1. The van der Waals surface area contributed by atoms with Crippen LogP contribution in [0.5, 0.6) is 5.75 Å². The van der Waals surface area contributed by atoms with Crippen molar-refractivity contribution in [2.24, 2.45) is 0 Å². The number of hydrogen-bond donors (Lipinski definition) is 1. The number of fused-ring (bicyclic) bond motifs is 1. The van der Waals surface area contributed by atoms with Crippen LogP contribution in [0.1, 0.15) is 15.2 Å². The number of ether oxygens (including phenoxy) is 2. The van der Waals surface area contributed by atoms with Gasteiger partial charge in [0.25, 0.3) is 5.91 Å². The van der Waals surface area contributed by atoms with Gasteiger partial charge in [-0.15, -0.1) is 11.3 Å². The van der Waals surface area contributed by atoms with Crippen molar-refractivity contribution in [2.75, 3.05) is 19.0 Å². The highest BCUT2D eigenvalue weighted by Gasteiger charge is 2.16. The van der Waals surface area contributed by atoms with Crippen LogP contribution in [-0.4, -0.2) is 25.6 Å². The van der Waals surface area contributed by atoms with E-state index in [0.717, 1.165) is 16.9 Å². The van der Waals surface area contributed by atoms with Gasteiger partial charge >= 0.3 is 11.6 Å². The molecule has 3 aromatic rings. The molecule has 2 heterocycles. The topological polar surface area (TPSA) is 94.8 Å². The zero-order chi connectivity index (χ0) is 19.6. The summed E-state index contributed by atoms with van der Waals surface area (Å²) in [6.07, 6.45) is 0. The number of nitrogens with one attached hydrogen (secondary N) is 1. The summed E-state index contributed by atoms with van der Waals surface area (Å²) in [5.74, 6) is -0.823. The Hall–Kier alpha value is -2.84. The molecular formula is C18H14ClNO6S. The number of aryl methyl sites for hydroxylation is 1. The predicted molar refractivity (Wildman–Crippen MR) is 102 cm³/mol. The zero-order valence-electron chi connectivity index (χ0n) is 14.3. The molecule has 1 aromatic carbocycles. The quantitative estimate of drug-likeness (QED) is 0.512. The molecule has 0 aliphatic carbocycles. The summed E-state index contributed by atoms with van der Waals surface area (Å²) < 4.78 is 15.2. The normalized spacial score (nSPS) is 10.6. The van der Waals surface area contributed by atoms with Crippen molar-refractivity contribution in [3.05, 3.63) is 55.5 Å². The molecule has 1 N–H and O–H groups in total. The summed E-state index contributed by atoms with van der Waals surface area (Å²) in [4.78, 5) is 35.6. The molecule has 140 valence electrons. The number of carbonyl (C=O) groups is 2. The molecule has 0 bridgehead atoms. The Morgan fingerprint density at radius 1 is 1.30 bits per heavy atom. The Morgan fingerprint density at radius 3 is 2.81 bits per heavy atom. The van der Waals surface area contributed by atoms with Gasteiger partial charge in [0.2, 0.25) is 0 Å². The molecule has 0 radical (unpaired) electrons. The molecule has 1 amide bonds. The fourth-order valence-corrected chi connectivity index (χ4v) is 3.40. The van der Waals surface area contributed by atoms with E-state index in [1.54, 1.807) is 24.4 Å². The first-order valence-electron chi connectivity index (χ1n) is 7.71. The molecule has 9 heteroatoms. The van der Waals surface area contributed by atoms with Crippen molar-refractivity contribution in [3.8, 4) is 5.75 Å². The summed E-state index contributed by atoms with van der Waals surface area (Å²) in [5.41, 5.74) is 0.886. The summed E-state index contributed by atoms with van der Waals surface area (Å²) >= 11 is 7.34. The van der Waals surface area contributed by atoms with Gasteiger partial charge < -0.3 is 19.2 Å². The largest absolute Gasteiger partial charge is 0.482 e. The van der Waals surface area contributed by atoms with Gasteiger partial charge in [0, 0.05) is 17.5 Å². The zero-order valence-corrected chi connectivity index (χ0v) is 15.9. The molecule has 0 aliphatic heterocycles. The summed E-state index contributed by atoms with van der Waals surface area (Å²) in [7, 11) is 1.26. The molecule has 0 unspecified atom stereocenters. The molecule has 0 saturated carbocycles. The van der Waals surface area contributed by atoms with Crippen LogP contribution in [0, 0.1) is 6.92 Å². The van der Waals surface area contributed by atoms with E-state index in [4.69, 9.17) is 20.8 Å². The highest BCUT2D eigenvalue weighted by Crippen LogP contribution is 2.31. The molecule has 3 rings (SSSR count). The van der Waals surface area contributed by atoms with Crippen molar-refractivity contribution < 1.29 is 23.5 Å². The van der Waals surface area contributed by atoms with Gasteiger partial charge in [-0.1, -0.05) is 11.6 Å². The van der Waals surface area contributed by atoms with E-state index in [1.165, 1.54) is 19.2 Å². The van der Waals surface area contributed by atoms with E-state index in [1.807, 2.05) is 0 Å². The predicted octanol–water partition coefficient (Wildman–Crippen LogP) is 3.62. The van der Waals surface area contributed by atoms with E-state index in [0.29, 0.717) is 16.7 Å². The number of anilines is 1. The van der Waals surface area contributed by atoms with Crippen LogP contribution in [0.15, 0.2) is 38.9 Å². The van der Waals surface area contributed by atoms with Gasteiger partial charge in [0.15, 0.2) is 6.61 Å². The maximum Gasteiger partial charge on any atom is 0.350 e.